The zero-order chi connectivity index (χ0) is 32.3. The second-order valence-corrected chi connectivity index (χ2v) is 12.1. The van der Waals surface area contributed by atoms with Crippen LogP contribution in [-0.4, -0.2) is 28.8 Å². The quantitative estimate of drug-likeness (QED) is 0.0465. The molecule has 0 saturated carbocycles. The van der Waals surface area contributed by atoms with Crippen LogP contribution in [0, 0.1) is 5.21 Å². The largest absolute Gasteiger partial charge is 0.618 e. The summed E-state index contributed by atoms with van der Waals surface area (Å²) in [4.78, 5) is 25.0. The molecule has 1 aliphatic rings. The molecule has 11 heteroatoms. The number of aliphatic hydroxyl groups is 1. The van der Waals surface area contributed by atoms with Crippen molar-refractivity contribution in [3.05, 3.63) is 119 Å². The van der Waals surface area contributed by atoms with Crippen molar-refractivity contribution in [1.82, 2.24) is 0 Å². The van der Waals surface area contributed by atoms with Crippen LogP contribution in [-0.2, 0) is 25.7 Å². The van der Waals surface area contributed by atoms with Crippen molar-refractivity contribution in [3.63, 3.8) is 0 Å². The normalized spacial score (nSPS) is 17.7. The van der Waals surface area contributed by atoms with Crippen LogP contribution in [0.1, 0.15) is 61.2 Å². The van der Waals surface area contributed by atoms with Gasteiger partial charge in [0.2, 0.25) is 11.8 Å². The highest BCUT2D eigenvalue weighted by Gasteiger charge is 2.33. The lowest BCUT2D eigenvalue weighted by Gasteiger charge is -2.36. The highest BCUT2D eigenvalue weighted by atomic mass is 32.2. The molecule has 2 heterocycles. The molecule has 10 nitrogen and oxygen atoms in total. The first-order valence-corrected chi connectivity index (χ1v) is 16.2. The Morgan fingerprint density at radius 3 is 2.37 bits per heavy atom. The molecular weight excluding hydrogens is 604 g/mol. The van der Waals surface area contributed by atoms with Gasteiger partial charge in [0.05, 0.1) is 30.2 Å². The zero-order valence-corrected chi connectivity index (χ0v) is 26.2. The first kappa shape index (κ1) is 33.0. The number of anilines is 3. The van der Waals surface area contributed by atoms with E-state index in [-0.39, 0.29) is 43.5 Å². The molecule has 0 spiro atoms. The molecule has 2 amide bonds. The summed E-state index contributed by atoms with van der Waals surface area (Å²) in [5.41, 5.74) is 10.1. The molecule has 3 atom stereocenters. The van der Waals surface area contributed by atoms with Crippen LogP contribution in [0.25, 0.3) is 0 Å². The third-order valence-electron chi connectivity index (χ3n) is 7.56. The summed E-state index contributed by atoms with van der Waals surface area (Å²) in [6.45, 7) is -0.0409. The van der Waals surface area contributed by atoms with E-state index in [4.69, 9.17) is 15.2 Å². The minimum absolute atomic E-state index is 0.0409. The monoisotopic (exact) mass is 642 g/mol. The summed E-state index contributed by atoms with van der Waals surface area (Å²) in [5.74, 6) is 0.249. The van der Waals surface area contributed by atoms with E-state index in [1.54, 1.807) is 36.4 Å². The van der Waals surface area contributed by atoms with Crippen molar-refractivity contribution in [1.29, 1.82) is 0 Å². The van der Waals surface area contributed by atoms with Gasteiger partial charge >= 0.3 is 0 Å². The maximum absolute atomic E-state index is 12.7. The number of ether oxygens (including phenoxy) is 2. The Morgan fingerprint density at radius 2 is 1.63 bits per heavy atom. The number of carbonyl (C=O) groups is 2. The summed E-state index contributed by atoms with van der Waals surface area (Å²) < 4.78 is 13.7. The molecule has 0 radical (unpaired) electrons. The van der Waals surface area contributed by atoms with Crippen molar-refractivity contribution in [2.45, 2.75) is 62.2 Å². The molecule has 1 saturated heterocycles. The number of benzene rings is 3. The fourth-order valence-electron chi connectivity index (χ4n) is 5.11. The van der Waals surface area contributed by atoms with E-state index in [0.717, 1.165) is 21.4 Å². The maximum atomic E-state index is 12.7. The molecule has 4 aromatic rings. The van der Waals surface area contributed by atoms with E-state index in [2.05, 4.69) is 10.6 Å². The number of hydrogen-bond donors (Lipinski definition) is 4. The fourth-order valence-corrected chi connectivity index (χ4v) is 6.04. The Labute approximate surface area is 272 Å². The standard InChI is InChI=1S/C35H38N4O6S/c36-29-10-1-2-11-30(29)38-33(42)13-4-3-12-32(41)37-27-9-7-8-26(20-27)35-44-28(23-46-34-14-5-6-19-39(34)43)21-31(45-35)25-17-15-24(22-40)16-18-25/h1-2,5-11,14-20,28,31,35,40H,3-4,12-13,21-23,36H2,(H,37,41)(H,38,42). The number of para-hydroxylation sites is 2. The lowest BCUT2D eigenvalue weighted by Crippen LogP contribution is -2.32. The number of nitrogen functional groups attached to an aromatic ring is 1. The lowest BCUT2D eigenvalue weighted by atomic mass is 10.0. The van der Waals surface area contributed by atoms with Crippen LogP contribution in [0.15, 0.2) is 102 Å². The molecule has 5 N–H and O–H groups in total. The van der Waals surface area contributed by atoms with Crippen molar-refractivity contribution < 1.29 is 28.9 Å². The van der Waals surface area contributed by atoms with Crippen molar-refractivity contribution in [2.24, 2.45) is 0 Å². The van der Waals surface area contributed by atoms with Gasteiger partial charge in [-0.1, -0.05) is 60.3 Å². The molecule has 1 aromatic heterocycles. The van der Waals surface area contributed by atoms with E-state index in [0.29, 0.717) is 47.1 Å². The number of amides is 2. The number of nitrogens with two attached hydrogens (primary N) is 1. The number of carbonyl (C=O) groups excluding carboxylic acids is 2. The molecule has 1 aliphatic heterocycles. The number of thioether (sulfide) groups is 1. The van der Waals surface area contributed by atoms with Gasteiger partial charge in [-0.3, -0.25) is 9.59 Å². The predicted molar refractivity (Wildman–Crippen MR) is 178 cm³/mol. The van der Waals surface area contributed by atoms with Crippen molar-refractivity contribution >= 4 is 40.6 Å². The number of rotatable bonds is 13. The molecule has 1 fully saturated rings. The van der Waals surface area contributed by atoms with Crippen molar-refractivity contribution in [2.75, 3.05) is 22.1 Å². The van der Waals surface area contributed by atoms with Gasteiger partial charge in [-0.25, -0.2) is 0 Å². The van der Waals surface area contributed by atoms with Gasteiger partial charge in [-0.05, 0) is 54.3 Å². The predicted octanol–water partition coefficient (Wildman–Crippen LogP) is 5.87. The number of pyridine rings is 1. The Balaban J connectivity index is 1.18. The molecule has 3 unspecified atom stereocenters. The van der Waals surface area contributed by atoms with E-state index in [9.17, 15) is 19.9 Å². The van der Waals surface area contributed by atoms with Gasteiger partial charge in [0.25, 0.3) is 5.03 Å². The second kappa shape index (κ2) is 16.2. The molecule has 3 aromatic carbocycles. The third-order valence-corrected chi connectivity index (χ3v) is 8.71. The molecule has 46 heavy (non-hydrogen) atoms. The van der Waals surface area contributed by atoms with Crippen LogP contribution >= 0.6 is 11.8 Å². The number of nitrogens with zero attached hydrogens (tertiary/aromatic N) is 1. The van der Waals surface area contributed by atoms with E-state index < -0.39 is 6.29 Å². The summed E-state index contributed by atoms with van der Waals surface area (Å²) in [6, 6.07) is 27.4. The van der Waals surface area contributed by atoms with Gasteiger partial charge in [0.15, 0.2) is 12.5 Å². The van der Waals surface area contributed by atoms with Crippen molar-refractivity contribution in [3.8, 4) is 0 Å². The van der Waals surface area contributed by atoms with Crippen LogP contribution in [0.5, 0.6) is 0 Å². The number of unbranched alkanes of at least 4 members (excludes halogenated alkanes) is 1. The van der Waals surface area contributed by atoms with Crippen LogP contribution < -0.4 is 21.1 Å². The highest BCUT2D eigenvalue weighted by Crippen LogP contribution is 2.39. The van der Waals surface area contributed by atoms with Gasteiger partial charge in [-0.15, -0.1) is 0 Å². The van der Waals surface area contributed by atoms with E-state index in [1.807, 2.05) is 54.6 Å². The lowest BCUT2D eigenvalue weighted by molar-refractivity contribution is -0.645. The van der Waals surface area contributed by atoms with Gasteiger partial charge in [-0.2, -0.15) is 4.73 Å². The maximum Gasteiger partial charge on any atom is 0.251 e. The van der Waals surface area contributed by atoms with Gasteiger partial charge in [0.1, 0.15) is 0 Å². The number of nitrogens with one attached hydrogen (secondary N) is 2. The average molecular weight is 643 g/mol. The van der Waals surface area contributed by atoms with Crippen LogP contribution in [0.3, 0.4) is 0 Å². The van der Waals surface area contributed by atoms with Crippen LogP contribution in [0.4, 0.5) is 17.1 Å². The molecular formula is C35H38N4O6S. The number of hydrogen-bond acceptors (Lipinski definition) is 8. The summed E-state index contributed by atoms with van der Waals surface area (Å²) in [6.07, 6.45) is 2.53. The van der Waals surface area contributed by atoms with E-state index >= 15 is 0 Å². The zero-order valence-electron chi connectivity index (χ0n) is 25.3. The van der Waals surface area contributed by atoms with E-state index in [1.165, 1.54) is 18.0 Å². The SMILES string of the molecule is Nc1ccccc1NC(=O)CCCCC(=O)Nc1cccc(C2OC(CSc3cccc[n+]3[O-])CC(c3ccc(CO)cc3)O2)c1. The highest BCUT2D eigenvalue weighted by molar-refractivity contribution is 7.99. The average Bonchev–Trinajstić information content (AvgIpc) is 3.07. The summed E-state index contributed by atoms with van der Waals surface area (Å²) in [7, 11) is 0. The first-order valence-electron chi connectivity index (χ1n) is 15.2. The summed E-state index contributed by atoms with van der Waals surface area (Å²) in [5, 5.41) is 28.0. The first-order chi connectivity index (χ1) is 22.4. The molecule has 240 valence electrons. The Hall–Kier alpha value is -4.42. The van der Waals surface area contributed by atoms with Crippen LogP contribution in [0.2, 0.25) is 0 Å². The topological polar surface area (TPSA) is 150 Å². The summed E-state index contributed by atoms with van der Waals surface area (Å²) >= 11 is 1.43. The van der Waals surface area contributed by atoms with Gasteiger partial charge < -0.3 is 36.2 Å². The molecule has 0 aliphatic carbocycles. The number of aliphatic hydroxyl groups excluding tert-OH is 1. The van der Waals surface area contributed by atoms with Gasteiger partial charge in [0, 0.05) is 48.4 Å². The molecule has 5 rings (SSSR count). The minimum Gasteiger partial charge on any atom is -0.618 e. The molecule has 0 bridgehead atoms. The second-order valence-electron chi connectivity index (χ2n) is 11.0. The minimum atomic E-state index is -0.703. The Morgan fingerprint density at radius 1 is 0.891 bits per heavy atom. The Kier molecular flexibility index (Phi) is 11.6. The smallest absolute Gasteiger partial charge is 0.251 e. The third kappa shape index (κ3) is 9.30. The number of aromatic nitrogens is 1. The fraction of sp³-hybridized carbons (Fsp3) is 0.286. The Bertz CT molecular complexity index is 1620.